The lowest BCUT2D eigenvalue weighted by molar-refractivity contribution is -0.149. The van der Waals surface area contributed by atoms with Gasteiger partial charge in [0.2, 0.25) is 6.41 Å². The second-order valence-corrected chi connectivity index (χ2v) is 7.61. The molecule has 0 radical (unpaired) electrons. The third-order valence-corrected chi connectivity index (χ3v) is 3.91. The average Bonchev–Trinajstić information content (AvgIpc) is 3.10. The normalized spacial score (nSPS) is 18.3. The minimum Gasteiger partial charge on any atom is -0.461 e. The molecule has 0 bridgehead atoms. The predicted molar refractivity (Wildman–Crippen MR) is 109 cm³/mol. The lowest BCUT2D eigenvalue weighted by Gasteiger charge is -2.14. The number of methoxy groups -OCH3 is 1. The van der Waals surface area contributed by atoms with E-state index in [9.17, 15) is 9.59 Å². The first kappa shape index (κ1) is 25.1. The minimum absolute atomic E-state index is 0.0417. The molecule has 1 amide bonds. The van der Waals surface area contributed by atoms with Crippen molar-refractivity contribution in [3.05, 3.63) is 35.9 Å². The van der Waals surface area contributed by atoms with E-state index in [1.54, 1.807) is 7.11 Å². The molecule has 0 heterocycles. The second kappa shape index (κ2) is 14.2. The number of carbonyl (C=O) groups excluding carboxylic acids is 2. The number of benzene rings is 1. The van der Waals surface area contributed by atoms with Crippen molar-refractivity contribution in [2.45, 2.75) is 78.6 Å². The highest BCUT2D eigenvalue weighted by Crippen LogP contribution is 2.26. The van der Waals surface area contributed by atoms with Crippen LogP contribution in [0.5, 0.6) is 0 Å². The maximum atomic E-state index is 11.8. The third kappa shape index (κ3) is 13.0. The fourth-order valence-electron chi connectivity index (χ4n) is 2.29. The lowest BCUT2D eigenvalue weighted by atomic mass is 10.1. The van der Waals surface area contributed by atoms with Crippen LogP contribution in [-0.2, 0) is 25.7 Å². The molecule has 2 unspecified atom stereocenters. The highest BCUT2D eigenvalue weighted by molar-refractivity contribution is 5.73. The summed E-state index contributed by atoms with van der Waals surface area (Å²) in [7, 11) is 1.71. The molecule has 0 spiro atoms. The van der Waals surface area contributed by atoms with E-state index in [0.29, 0.717) is 19.4 Å². The molecule has 1 aromatic rings. The summed E-state index contributed by atoms with van der Waals surface area (Å²) in [6.45, 7) is 10.6. The zero-order valence-corrected chi connectivity index (χ0v) is 17.8. The van der Waals surface area contributed by atoms with E-state index in [1.807, 2.05) is 51.1 Å². The van der Waals surface area contributed by atoms with Crippen molar-refractivity contribution in [3.8, 4) is 0 Å². The Morgan fingerprint density at radius 2 is 1.74 bits per heavy atom. The van der Waals surface area contributed by atoms with E-state index in [-0.39, 0.29) is 23.5 Å². The van der Waals surface area contributed by atoms with E-state index in [2.05, 4.69) is 19.2 Å². The maximum Gasteiger partial charge on any atom is 0.309 e. The zero-order chi connectivity index (χ0) is 20.7. The molecule has 1 aliphatic rings. The predicted octanol–water partition coefficient (Wildman–Crippen LogP) is 4.49. The monoisotopic (exact) mass is 379 g/mol. The van der Waals surface area contributed by atoms with Gasteiger partial charge >= 0.3 is 5.97 Å². The van der Waals surface area contributed by atoms with Crippen LogP contribution in [0.4, 0.5) is 0 Å². The Hall–Kier alpha value is -1.88. The Morgan fingerprint density at radius 3 is 2.22 bits per heavy atom. The number of rotatable bonds is 5. The van der Waals surface area contributed by atoms with Crippen LogP contribution >= 0.6 is 0 Å². The highest BCUT2D eigenvalue weighted by Gasteiger charge is 2.30. The number of nitrogens with one attached hydrogen (secondary N) is 1. The lowest BCUT2D eigenvalue weighted by Crippen LogP contribution is -2.25. The molecule has 5 heteroatoms. The van der Waals surface area contributed by atoms with Crippen LogP contribution in [-0.4, -0.2) is 31.1 Å². The van der Waals surface area contributed by atoms with Crippen molar-refractivity contribution in [2.24, 2.45) is 5.92 Å². The van der Waals surface area contributed by atoms with E-state index < -0.39 is 0 Å². The Kier molecular flexibility index (Phi) is 13.2. The Morgan fingerprint density at radius 1 is 1.19 bits per heavy atom. The Bertz CT molecular complexity index is 511. The van der Waals surface area contributed by atoms with Crippen LogP contribution in [0.1, 0.15) is 65.9 Å². The molecule has 1 N–H and O–H groups in total. The summed E-state index contributed by atoms with van der Waals surface area (Å²) < 4.78 is 10.2. The molecular formula is C22H37NO4. The molecule has 1 fully saturated rings. The van der Waals surface area contributed by atoms with Crippen molar-refractivity contribution in [3.63, 3.8) is 0 Å². The van der Waals surface area contributed by atoms with Crippen LogP contribution in [0.3, 0.4) is 0 Å². The molecule has 5 nitrogen and oxygen atoms in total. The van der Waals surface area contributed by atoms with Gasteiger partial charge < -0.3 is 14.8 Å². The van der Waals surface area contributed by atoms with Crippen LogP contribution < -0.4 is 5.32 Å². The molecule has 2 rings (SSSR count). The summed E-state index contributed by atoms with van der Waals surface area (Å²) in [5.74, 6) is -0.236. The number of carbonyl (C=O) groups is 2. The van der Waals surface area contributed by atoms with Gasteiger partial charge in [0.25, 0.3) is 0 Å². The summed E-state index contributed by atoms with van der Waals surface area (Å²) in [6, 6.07) is 9.75. The summed E-state index contributed by atoms with van der Waals surface area (Å²) in [5, 5.41) is 2.71. The first-order chi connectivity index (χ1) is 12.8. The molecule has 2 atom stereocenters. The largest absolute Gasteiger partial charge is 0.461 e. The van der Waals surface area contributed by atoms with Crippen molar-refractivity contribution in [2.75, 3.05) is 7.11 Å². The van der Waals surface area contributed by atoms with Crippen LogP contribution in [0.2, 0.25) is 0 Å². The fraction of sp³-hybridized carbons (Fsp3) is 0.636. The van der Waals surface area contributed by atoms with Crippen molar-refractivity contribution in [1.29, 1.82) is 0 Å². The van der Waals surface area contributed by atoms with Crippen LogP contribution in [0.15, 0.2) is 30.3 Å². The van der Waals surface area contributed by atoms with Crippen molar-refractivity contribution < 1.29 is 19.1 Å². The molecule has 27 heavy (non-hydrogen) atoms. The number of esters is 1. The van der Waals surface area contributed by atoms with Gasteiger partial charge in [0.1, 0.15) is 6.61 Å². The standard InChI is InChI=1S/C14H17NO3.C5H12O.C3H8/c16-10-15-13-7-6-12(8-13)14(17)18-9-11-4-2-1-3-5-11;1-5(2,3)6-4;1-3-2/h1-5,10,12-13H,6-9H2,(H,15,16);1-4H3;3H2,1-2H3. The molecule has 0 aromatic heterocycles. The number of hydrogen-bond donors (Lipinski definition) is 1. The molecule has 1 aromatic carbocycles. The van der Waals surface area contributed by atoms with Gasteiger partial charge in [-0.15, -0.1) is 0 Å². The van der Waals surface area contributed by atoms with E-state index >= 15 is 0 Å². The van der Waals surface area contributed by atoms with Gasteiger partial charge in [-0.25, -0.2) is 0 Å². The highest BCUT2D eigenvalue weighted by atomic mass is 16.5. The zero-order valence-electron chi connectivity index (χ0n) is 17.8. The van der Waals surface area contributed by atoms with Gasteiger partial charge in [-0.3, -0.25) is 9.59 Å². The topological polar surface area (TPSA) is 64.6 Å². The van der Waals surface area contributed by atoms with E-state index in [4.69, 9.17) is 9.47 Å². The Balaban J connectivity index is 0.000000632. The summed E-state index contributed by atoms with van der Waals surface area (Å²) >= 11 is 0. The number of hydrogen-bond acceptors (Lipinski definition) is 4. The molecule has 1 aliphatic carbocycles. The average molecular weight is 380 g/mol. The van der Waals surface area contributed by atoms with Gasteiger partial charge in [-0.1, -0.05) is 50.6 Å². The molecule has 0 aliphatic heterocycles. The summed E-state index contributed by atoms with van der Waals surface area (Å²) in [4.78, 5) is 22.2. The first-order valence-electron chi connectivity index (χ1n) is 9.72. The maximum absolute atomic E-state index is 11.8. The SMILES string of the molecule is CCC.COC(C)(C)C.O=CNC1CCC(C(=O)OCc2ccccc2)C1. The van der Waals surface area contributed by atoms with Gasteiger partial charge in [0.15, 0.2) is 0 Å². The van der Waals surface area contributed by atoms with Gasteiger partial charge in [0.05, 0.1) is 11.5 Å². The Labute approximate surface area is 164 Å². The van der Waals surface area contributed by atoms with Gasteiger partial charge in [0, 0.05) is 13.2 Å². The smallest absolute Gasteiger partial charge is 0.309 e. The van der Waals surface area contributed by atoms with Crippen molar-refractivity contribution in [1.82, 2.24) is 5.32 Å². The third-order valence-electron chi connectivity index (χ3n) is 3.91. The summed E-state index contributed by atoms with van der Waals surface area (Å²) in [6.07, 6.45) is 4.28. The van der Waals surface area contributed by atoms with Gasteiger partial charge in [-0.05, 0) is 45.6 Å². The fourth-order valence-corrected chi connectivity index (χ4v) is 2.29. The second-order valence-electron chi connectivity index (χ2n) is 7.61. The minimum atomic E-state index is -0.158. The molecule has 1 saturated carbocycles. The summed E-state index contributed by atoms with van der Waals surface area (Å²) in [5.41, 5.74) is 1.03. The quantitative estimate of drug-likeness (QED) is 0.605. The molecule has 154 valence electrons. The van der Waals surface area contributed by atoms with E-state index in [1.165, 1.54) is 6.42 Å². The first-order valence-corrected chi connectivity index (χ1v) is 9.72. The van der Waals surface area contributed by atoms with Crippen LogP contribution in [0, 0.1) is 5.92 Å². The van der Waals surface area contributed by atoms with Crippen molar-refractivity contribution >= 4 is 12.4 Å². The van der Waals surface area contributed by atoms with Crippen LogP contribution in [0.25, 0.3) is 0 Å². The van der Waals surface area contributed by atoms with Gasteiger partial charge in [-0.2, -0.15) is 0 Å². The number of amides is 1. The molecule has 0 saturated heterocycles. The molecular weight excluding hydrogens is 342 g/mol. The number of ether oxygens (including phenoxy) is 2. The van der Waals surface area contributed by atoms with E-state index in [0.717, 1.165) is 18.4 Å².